The van der Waals surface area contributed by atoms with Crippen LogP contribution in [0.3, 0.4) is 0 Å². The van der Waals surface area contributed by atoms with Gasteiger partial charge in [0.25, 0.3) is 0 Å². The topological polar surface area (TPSA) is 52.6 Å². The molecular weight excluding hydrogens is 371 g/mol. The molecule has 0 spiro atoms. The smallest absolute Gasteiger partial charge is 0.343 e. The fraction of sp³-hybridized carbons (Fsp3) is 0.167. The Bertz CT molecular complexity index is 961. The van der Waals surface area contributed by atoms with E-state index in [0.717, 1.165) is 24.0 Å². The molecule has 3 rings (SSSR count). The summed E-state index contributed by atoms with van der Waals surface area (Å²) < 4.78 is 23.6. The second kappa shape index (κ2) is 9.64. The lowest BCUT2D eigenvalue weighted by atomic mass is 10.0. The molecule has 0 heterocycles. The van der Waals surface area contributed by atoms with Crippen molar-refractivity contribution in [2.24, 2.45) is 0 Å². The molecule has 0 bridgehead atoms. The molecule has 0 N–H and O–H groups in total. The van der Waals surface area contributed by atoms with E-state index >= 15 is 0 Å². The zero-order valence-corrected chi connectivity index (χ0v) is 16.1. The molecule has 0 aliphatic heterocycles. The van der Waals surface area contributed by atoms with Crippen LogP contribution in [-0.2, 0) is 4.79 Å². The number of unbranched alkanes of at least 4 members (excludes halogenated alkanes) is 1. The van der Waals surface area contributed by atoms with Crippen LogP contribution in [0, 0.1) is 5.82 Å². The first-order valence-corrected chi connectivity index (χ1v) is 9.44. The summed E-state index contributed by atoms with van der Waals surface area (Å²) in [6.45, 7) is 2.01. The highest BCUT2D eigenvalue weighted by molar-refractivity contribution is 5.91. The Morgan fingerprint density at radius 2 is 1.28 bits per heavy atom. The average molecular weight is 392 g/mol. The normalized spacial score (nSPS) is 10.4. The molecule has 0 saturated heterocycles. The van der Waals surface area contributed by atoms with Crippen LogP contribution in [0.4, 0.5) is 4.39 Å². The molecule has 0 radical (unpaired) electrons. The first kappa shape index (κ1) is 20.3. The van der Waals surface area contributed by atoms with Crippen LogP contribution in [0.1, 0.15) is 36.5 Å². The molecule has 0 unspecified atom stereocenters. The van der Waals surface area contributed by atoms with Crippen LogP contribution in [0.5, 0.6) is 11.5 Å². The minimum atomic E-state index is -0.497. The van der Waals surface area contributed by atoms with Crippen molar-refractivity contribution < 1.29 is 23.5 Å². The van der Waals surface area contributed by atoms with Gasteiger partial charge in [0.15, 0.2) is 0 Å². The highest BCUT2D eigenvalue weighted by atomic mass is 19.1. The van der Waals surface area contributed by atoms with Gasteiger partial charge >= 0.3 is 11.9 Å². The van der Waals surface area contributed by atoms with Gasteiger partial charge in [0, 0.05) is 6.42 Å². The Kier molecular flexibility index (Phi) is 6.74. The number of hydrogen-bond acceptors (Lipinski definition) is 4. The van der Waals surface area contributed by atoms with E-state index in [0.29, 0.717) is 23.5 Å². The fourth-order valence-corrected chi connectivity index (χ4v) is 2.69. The molecule has 0 fully saturated rings. The van der Waals surface area contributed by atoms with Crippen LogP contribution >= 0.6 is 0 Å². The predicted molar refractivity (Wildman–Crippen MR) is 108 cm³/mol. The summed E-state index contributed by atoms with van der Waals surface area (Å²) in [4.78, 5) is 24.0. The average Bonchev–Trinajstić information content (AvgIpc) is 2.74. The van der Waals surface area contributed by atoms with E-state index in [1.165, 1.54) is 12.1 Å². The molecule has 3 aromatic rings. The summed E-state index contributed by atoms with van der Waals surface area (Å²) in [5, 5.41) is 0. The van der Waals surface area contributed by atoms with Gasteiger partial charge in [-0.3, -0.25) is 4.79 Å². The van der Waals surface area contributed by atoms with E-state index in [9.17, 15) is 14.0 Å². The Morgan fingerprint density at radius 3 is 1.83 bits per heavy atom. The maximum absolute atomic E-state index is 13.0. The third kappa shape index (κ3) is 5.75. The maximum Gasteiger partial charge on any atom is 0.343 e. The zero-order valence-electron chi connectivity index (χ0n) is 16.1. The van der Waals surface area contributed by atoms with Gasteiger partial charge in [-0.2, -0.15) is 0 Å². The van der Waals surface area contributed by atoms with Crippen LogP contribution in [0.15, 0.2) is 72.8 Å². The number of rotatable bonds is 7. The number of hydrogen-bond donors (Lipinski definition) is 0. The molecule has 0 saturated carbocycles. The first-order chi connectivity index (χ1) is 14.0. The minimum Gasteiger partial charge on any atom is -0.427 e. The fourth-order valence-electron chi connectivity index (χ4n) is 2.69. The van der Waals surface area contributed by atoms with Gasteiger partial charge in [0.2, 0.25) is 0 Å². The summed E-state index contributed by atoms with van der Waals surface area (Å²) in [7, 11) is 0. The molecule has 0 atom stereocenters. The van der Waals surface area contributed by atoms with Gasteiger partial charge in [-0.1, -0.05) is 37.6 Å². The van der Waals surface area contributed by atoms with E-state index in [1.54, 1.807) is 60.7 Å². The van der Waals surface area contributed by atoms with E-state index in [2.05, 4.69) is 0 Å². The lowest BCUT2D eigenvalue weighted by Gasteiger charge is -2.07. The molecule has 148 valence electrons. The lowest BCUT2D eigenvalue weighted by Crippen LogP contribution is -2.09. The van der Waals surface area contributed by atoms with Crippen molar-refractivity contribution in [1.82, 2.24) is 0 Å². The summed E-state index contributed by atoms with van der Waals surface area (Å²) in [5.41, 5.74) is 2.12. The van der Waals surface area contributed by atoms with Crippen LogP contribution < -0.4 is 9.47 Å². The SMILES string of the molecule is CCCCC(=O)Oc1ccc(OC(=O)c2ccc(-c3ccc(F)cc3)cc2)cc1. The number of carbonyl (C=O) groups is 2. The van der Waals surface area contributed by atoms with Crippen molar-refractivity contribution in [3.8, 4) is 22.6 Å². The minimum absolute atomic E-state index is 0.280. The van der Waals surface area contributed by atoms with E-state index in [1.807, 2.05) is 6.92 Å². The number of carbonyl (C=O) groups excluding carboxylic acids is 2. The number of benzene rings is 3. The Hall–Kier alpha value is -3.47. The molecule has 0 aliphatic carbocycles. The zero-order chi connectivity index (χ0) is 20.6. The molecular formula is C24H21FO4. The van der Waals surface area contributed by atoms with E-state index in [-0.39, 0.29) is 11.8 Å². The van der Waals surface area contributed by atoms with Gasteiger partial charge in [-0.05, 0) is 66.1 Å². The van der Waals surface area contributed by atoms with E-state index < -0.39 is 5.97 Å². The summed E-state index contributed by atoms with van der Waals surface area (Å²) in [5.74, 6) is -0.308. The second-order valence-electron chi connectivity index (χ2n) is 6.52. The van der Waals surface area contributed by atoms with Crippen molar-refractivity contribution in [2.75, 3.05) is 0 Å². The third-order valence-corrected chi connectivity index (χ3v) is 4.30. The molecule has 0 aliphatic rings. The highest BCUT2D eigenvalue weighted by Gasteiger charge is 2.10. The second-order valence-corrected chi connectivity index (χ2v) is 6.52. The molecule has 5 heteroatoms. The number of esters is 2. The third-order valence-electron chi connectivity index (χ3n) is 4.30. The Morgan fingerprint density at radius 1 is 0.759 bits per heavy atom. The number of halogens is 1. The first-order valence-electron chi connectivity index (χ1n) is 9.44. The van der Waals surface area contributed by atoms with Crippen LogP contribution in [-0.4, -0.2) is 11.9 Å². The van der Waals surface area contributed by atoms with Gasteiger partial charge < -0.3 is 9.47 Å². The van der Waals surface area contributed by atoms with Gasteiger partial charge in [0.05, 0.1) is 5.56 Å². The quantitative estimate of drug-likeness (QED) is 0.376. The number of ether oxygens (including phenoxy) is 2. The van der Waals surface area contributed by atoms with Gasteiger partial charge in [-0.15, -0.1) is 0 Å². The monoisotopic (exact) mass is 392 g/mol. The predicted octanol–water partition coefficient (Wildman–Crippen LogP) is 5.81. The largest absolute Gasteiger partial charge is 0.427 e. The van der Waals surface area contributed by atoms with Crippen molar-refractivity contribution in [3.05, 3.63) is 84.2 Å². The van der Waals surface area contributed by atoms with Crippen molar-refractivity contribution in [1.29, 1.82) is 0 Å². The van der Waals surface area contributed by atoms with Crippen molar-refractivity contribution >= 4 is 11.9 Å². The Balaban J connectivity index is 1.59. The Labute approximate surface area is 168 Å². The van der Waals surface area contributed by atoms with Gasteiger partial charge in [0.1, 0.15) is 17.3 Å². The summed E-state index contributed by atoms with van der Waals surface area (Å²) >= 11 is 0. The molecule has 29 heavy (non-hydrogen) atoms. The standard InChI is InChI=1S/C24H21FO4/c1-2-3-4-23(26)28-21-13-15-22(16-14-21)29-24(27)19-7-5-17(6-8-19)18-9-11-20(25)12-10-18/h5-16H,2-4H2,1H3. The van der Waals surface area contributed by atoms with Crippen LogP contribution in [0.2, 0.25) is 0 Å². The molecule has 0 amide bonds. The summed E-state index contributed by atoms with van der Waals surface area (Å²) in [6, 6.07) is 19.3. The lowest BCUT2D eigenvalue weighted by molar-refractivity contribution is -0.134. The molecule has 4 nitrogen and oxygen atoms in total. The maximum atomic E-state index is 13.0. The molecule has 0 aromatic heterocycles. The highest BCUT2D eigenvalue weighted by Crippen LogP contribution is 2.22. The summed E-state index contributed by atoms with van der Waals surface area (Å²) in [6.07, 6.45) is 2.09. The van der Waals surface area contributed by atoms with Gasteiger partial charge in [-0.25, -0.2) is 9.18 Å². The van der Waals surface area contributed by atoms with E-state index in [4.69, 9.17) is 9.47 Å². The van der Waals surface area contributed by atoms with Crippen molar-refractivity contribution in [2.45, 2.75) is 26.2 Å². The van der Waals surface area contributed by atoms with Crippen molar-refractivity contribution in [3.63, 3.8) is 0 Å². The molecule has 3 aromatic carbocycles. The van der Waals surface area contributed by atoms with Crippen LogP contribution in [0.25, 0.3) is 11.1 Å².